The Labute approximate surface area is 105 Å². The number of amides is 1. The first-order valence-electron chi connectivity index (χ1n) is 5.55. The first-order chi connectivity index (χ1) is 8.50. The van der Waals surface area contributed by atoms with Crippen molar-refractivity contribution in [2.24, 2.45) is 5.92 Å². The number of nitrogens with zero attached hydrogens (tertiary/aromatic N) is 1. The van der Waals surface area contributed by atoms with Crippen molar-refractivity contribution >= 4 is 12.1 Å². The second-order valence-electron chi connectivity index (χ2n) is 4.14. The zero-order valence-corrected chi connectivity index (χ0v) is 10.3. The number of hydrogen-bond acceptors (Lipinski definition) is 4. The normalized spacial score (nSPS) is 11.9. The Balaban J connectivity index is 2.44. The van der Waals surface area contributed by atoms with Gasteiger partial charge in [-0.1, -0.05) is 19.9 Å². The number of alkyl carbamates (subject to hydrolysis) is 1. The number of aliphatic carboxylic acids is 1. The third-order valence-electron chi connectivity index (χ3n) is 2.30. The van der Waals surface area contributed by atoms with E-state index in [-0.39, 0.29) is 12.5 Å². The molecule has 6 heteroatoms. The van der Waals surface area contributed by atoms with Gasteiger partial charge in [-0.15, -0.1) is 0 Å². The van der Waals surface area contributed by atoms with Gasteiger partial charge in [-0.05, 0) is 12.0 Å². The number of carbonyl (C=O) groups excluding carboxylic acids is 1. The van der Waals surface area contributed by atoms with Gasteiger partial charge in [-0.3, -0.25) is 4.98 Å². The molecule has 1 amide bonds. The Kier molecular flexibility index (Phi) is 5.10. The van der Waals surface area contributed by atoms with Crippen LogP contribution >= 0.6 is 0 Å². The molecule has 0 bridgehead atoms. The largest absolute Gasteiger partial charge is 0.480 e. The molecule has 1 heterocycles. The molecule has 0 radical (unpaired) electrons. The van der Waals surface area contributed by atoms with E-state index < -0.39 is 18.1 Å². The van der Waals surface area contributed by atoms with E-state index >= 15 is 0 Å². The van der Waals surface area contributed by atoms with Gasteiger partial charge in [0.25, 0.3) is 0 Å². The maximum Gasteiger partial charge on any atom is 0.408 e. The van der Waals surface area contributed by atoms with Gasteiger partial charge in [-0.2, -0.15) is 0 Å². The van der Waals surface area contributed by atoms with Gasteiger partial charge in [0.2, 0.25) is 0 Å². The first-order valence-corrected chi connectivity index (χ1v) is 5.55. The van der Waals surface area contributed by atoms with Crippen molar-refractivity contribution in [3.05, 3.63) is 30.1 Å². The molecule has 1 atom stereocenters. The molecule has 98 valence electrons. The summed E-state index contributed by atoms with van der Waals surface area (Å²) in [5.74, 6) is -1.29. The van der Waals surface area contributed by atoms with Crippen LogP contribution in [0.4, 0.5) is 4.79 Å². The molecular weight excluding hydrogens is 236 g/mol. The van der Waals surface area contributed by atoms with Gasteiger partial charge in [0.15, 0.2) is 0 Å². The highest BCUT2D eigenvalue weighted by Crippen LogP contribution is 2.03. The van der Waals surface area contributed by atoms with Crippen molar-refractivity contribution in [3.63, 3.8) is 0 Å². The number of carboxylic acid groups (broad SMARTS) is 1. The van der Waals surface area contributed by atoms with E-state index in [1.54, 1.807) is 38.4 Å². The number of rotatable bonds is 5. The number of ether oxygens (including phenoxy) is 1. The monoisotopic (exact) mass is 252 g/mol. The molecule has 1 unspecified atom stereocenters. The zero-order valence-electron chi connectivity index (χ0n) is 10.3. The zero-order chi connectivity index (χ0) is 13.5. The van der Waals surface area contributed by atoms with Crippen LogP contribution in [-0.4, -0.2) is 28.2 Å². The molecule has 0 spiro atoms. The predicted octanol–water partition coefficient (Wildman–Crippen LogP) is 1.42. The van der Waals surface area contributed by atoms with E-state index in [0.717, 1.165) is 5.56 Å². The minimum Gasteiger partial charge on any atom is -0.480 e. The molecule has 0 saturated carbocycles. The smallest absolute Gasteiger partial charge is 0.408 e. The number of nitrogens with one attached hydrogen (secondary N) is 1. The number of carbonyl (C=O) groups is 2. The van der Waals surface area contributed by atoms with Gasteiger partial charge >= 0.3 is 12.1 Å². The summed E-state index contributed by atoms with van der Waals surface area (Å²) >= 11 is 0. The number of carboxylic acids is 1. The standard InChI is InChI=1S/C12H16N2O4/c1-8(2)10(11(15)16)14-12(17)18-7-9-4-3-5-13-6-9/h3-6,8,10H,7H2,1-2H3,(H,14,17)(H,15,16). The summed E-state index contributed by atoms with van der Waals surface area (Å²) in [5.41, 5.74) is 0.740. The van der Waals surface area contributed by atoms with Gasteiger partial charge < -0.3 is 15.2 Å². The highest BCUT2D eigenvalue weighted by atomic mass is 16.5. The average molecular weight is 252 g/mol. The topological polar surface area (TPSA) is 88.5 Å². The molecule has 1 aromatic rings. The molecule has 0 aliphatic heterocycles. The lowest BCUT2D eigenvalue weighted by Gasteiger charge is -2.17. The Morgan fingerprint density at radius 3 is 2.72 bits per heavy atom. The molecule has 0 fully saturated rings. The third-order valence-corrected chi connectivity index (χ3v) is 2.30. The quantitative estimate of drug-likeness (QED) is 0.827. The summed E-state index contributed by atoms with van der Waals surface area (Å²) in [6.07, 6.45) is 2.44. The fraction of sp³-hybridized carbons (Fsp3) is 0.417. The molecule has 1 aromatic heterocycles. The van der Waals surface area contributed by atoms with E-state index in [9.17, 15) is 9.59 Å². The number of aromatic nitrogens is 1. The second kappa shape index (κ2) is 6.58. The lowest BCUT2D eigenvalue weighted by Crippen LogP contribution is -2.44. The minimum absolute atomic E-state index is 0.0596. The summed E-state index contributed by atoms with van der Waals surface area (Å²) in [6.45, 7) is 3.48. The molecule has 0 aliphatic rings. The summed E-state index contributed by atoms with van der Waals surface area (Å²) in [6, 6.07) is 2.54. The van der Waals surface area contributed by atoms with E-state index in [4.69, 9.17) is 9.84 Å². The summed E-state index contributed by atoms with van der Waals surface area (Å²) < 4.78 is 4.91. The van der Waals surface area contributed by atoms with Crippen LogP contribution in [0.5, 0.6) is 0 Å². The van der Waals surface area contributed by atoms with E-state index in [1.165, 1.54) is 0 Å². The summed E-state index contributed by atoms with van der Waals surface area (Å²) in [4.78, 5) is 26.2. The number of hydrogen-bond donors (Lipinski definition) is 2. The van der Waals surface area contributed by atoms with Crippen molar-refractivity contribution in [2.45, 2.75) is 26.5 Å². The average Bonchev–Trinajstić information content (AvgIpc) is 2.34. The lowest BCUT2D eigenvalue weighted by molar-refractivity contribution is -0.140. The Morgan fingerprint density at radius 2 is 2.22 bits per heavy atom. The van der Waals surface area contributed by atoms with Crippen LogP contribution in [0.2, 0.25) is 0 Å². The van der Waals surface area contributed by atoms with Crippen LogP contribution in [0.15, 0.2) is 24.5 Å². The SMILES string of the molecule is CC(C)C(NC(=O)OCc1cccnc1)C(=O)O. The summed E-state index contributed by atoms with van der Waals surface area (Å²) in [7, 11) is 0. The fourth-order valence-corrected chi connectivity index (χ4v) is 1.31. The fourth-order valence-electron chi connectivity index (χ4n) is 1.31. The molecular formula is C12H16N2O4. The van der Waals surface area contributed by atoms with E-state index in [1.807, 2.05) is 0 Å². The molecule has 0 saturated heterocycles. The summed E-state index contributed by atoms with van der Waals surface area (Å²) in [5, 5.41) is 11.2. The Bertz CT molecular complexity index is 406. The highest BCUT2D eigenvalue weighted by molar-refractivity contribution is 5.80. The maximum absolute atomic E-state index is 11.4. The second-order valence-corrected chi connectivity index (χ2v) is 4.14. The Morgan fingerprint density at radius 1 is 1.50 bits per heavy atom. The van der Waals surface area contributed by atoms with Crippen LogP contribution in [-0.2, 0) is 16.1 Å². The Hall–Kier alpha value is -2.11. The molecule has 0 aromatic carbocycles. The third kappa shape index (κ3) is 4.40. The molecule has 0 aliphatic carbocycles. The molecule has 2 N–H and O–H groups in total. The highest BCUT2D eigenvalue weighted by Gasteiger charge is 2.23. The van der Waals surface area contributed by atoms with Crippen molar-refractivity contribution < 1.29 is 19.4 Å². The number of pyridine rings is 1. The van der Waals surface area contributed by atoms with Gasteiger partial charge in [-0.25, -0.2) is 9.59 Å². The first kappa shape index (κ1) is 14.0. The van der Waals surface area contributed by atoms with Crippen molar-refractivity contribution in [2.75, 3.05) is 0 Å². The van der Waals surface area contributed by atoms with Crippen LogP contribution in [0.3, 0.4) is 0 Å². The van der Waals surface area contributed by atoms with E-state index in [0.29, 0.717) is 0 Å². The van der Waals surface area contributed by atoms with Crippen LogP contribution in [0.1, 0.15) is 19.4 Å². The van der Waals surface area contributed by atoms with Crippen LogP contribution < -0.4 is 5.32 Å². The molecule has 18 heavy (non-hydrogen) atoms. The van der Waals surface area contributed by atoms with Gasteiger partial charge in [0.1, 0.15) is 12.6 Å². The van der Waals surface area contributed by atoms with Gasteiger partial charge in [0, 0.05) is 18.0 Å². The van der Waals surface area contributed by atoms with E-state index in [2.05, 4.69) is 10.3 Å². The van der Waals surface area contributed by atoms with Crippen LogP contribution in [0.25, 0.3) is 0 Å². The lowest BCUT2D eigenvalue weighted by atomic mass is 10.1. The molecule has 6 nitrogen and oxygen atoms in total. The van der Waals surface area contributed by atoms with Crippen LogP contribution in [0, 0.1) is 5.92 Å². The predicted molar refractivity (Wildman–Crippen MR) is 63.8 cm³/mol. The van der Waals surface area contributed by atoms with Gasteiger partial charge in [0.05, 0.1) is 0 Å². The van der Waals surface area contributed by atoms with Crippen molar-refractivity contribution in [1.29, 1.82) is 0 Å². The van der Waals surface area contributed by atoms with Crippen molar-refractivity contribution in [1.82, 2.24) is 10.3 Å². The minimum atomic E-state index is -1.08. The maximum atomic E-state index is 11.4. The van der Waals surface area contributed by atoms with Crippen molar-refractivity contribution in [3.8, 4) is 0 Å². The molecule has 1 rings (SSSR count).